The van der Waals surface area contributed by atoms with Crippen molar-refractivity contribution >= 4 is 17.7 Å². The molecule has 1 saturated heterocycles. The Bertz CT molecular complexity index is 675. The highest BCUT2D eigenvalue weighted by Crippen LogP contribution is 2.49. The highest BCUT2D eigenvalue weighted by Gasteiger charge is 2.60. The van der Waals surface area contributed by atoms with Crippen LogP contribution in [0.3, 0.4) is 0 Å². The number of carbonyl (C=O) groups is 3. The van der Waals surface area contributed by atoms with Crippen LogP contribution in [0.1, 0.15) is 39.5 Å². The van der Waals surface area contributed by atoms with E-state index in [1.54, 1.807) is 0 Å². The zero-order valence-corrected chi connectivity index (χ0v) is 14.8. The normalized spacial score (nSPS) is 41.1. The lowest BCUT2D eigenvalue weighted by atomic mass is 9.64. The number of ether oxygens (including phenoxy) is 2. The molecule has 1 aliphatic heterocycles. The Morgan fingerprint density at radius 2 is 1.96 bits per heavy atom. The molecular weight excluding hydrogens is 324 g/mol. The van der Waals surface area contributed by atoms with Crippen molar-refractivity contribution < 1.29 is 29.0 Å². The summed E-state index contributed by atoms with van der Waals surface area (Å²) in [4.78, 5) is 37.7. The second-order valence-corrected chi connectivity index (χ2v) is 7.59. The fraction of sp³-hybridized carbons (Fsp3) is 0.632. The summed E-state index contributed by atoms with van der Waals surface area (Å²) in [5.74, 6) is -2.40. The second-order valence-electron chi connectivity index (χ2n) is 7.59. The number of carbonyl (C=O) groups excluding carboxylic acids is 3. The van der Waals surface area contributed by atoms with Gasteiger partial charge >= 0.3 is 11.9 Å². The molecule has 0 unspecified atom stereocenters. The molecule has 25 heavy (non-hydrogen) atoms. The van der Waals surface area contributed by atoms with Crippen LogP contribution in [0, 0.1) is 23.7 Å². The molecular formula is C19H24O6. The number of esters is 2. The van der Waals surface area contributed by atoms with Crippen molar-refractivity contribution in [3.8, 4) is 0 Å². The van der Waals surface area contributed by atoms with Crippen LogP contribution >= 0.6 is 0 Å². The van der Waals surface area contributed by atoms with E-state index >= 15 is 0 Å². The van der Waals surface area contributed by atoms with E-state index in [0.717, 1.165) is 0 Å². The van der Waals surface area contributed by atoms with Crippen LogP contribution in [0.15, 0.2) is 23.5 Å². The molecule has 0 saturated carbocycles. The van der Waals surface area contributed by atoms with Gasteiger partial charge in [-0.1, -0.05) is 26.0 Å². The van der Waals surface area contributed by atoms with Crippen molar-refractivity contribution in [2.24, 2.45) is 23.7 Å². The average Bonchev–Trinajstić information content (AvgIpc) is 2.51. The van der Waals surface area contributed by atoms with Crippen LogP contribution in [0.4, 0.5) is 0 Å². The maximum atomic E-state index is 12.7. The first kappa shape index (κ1) is 17.7. The maximum Gasteiger partial charge on any atom is 0.351 e. The number of hydrogen-bond acceptors (Lipinski definition) is 6. The molecule has 3 rings (SSSR count). The van der Waals surface area contributed by atoms with Gasteiger partial charge in [0, 0.05) is 37.5 Å². The fourth-order valence-electron chi connectivity index (χ4n) is 4.49. The molecule has 136 valence electrons. The Labute approximate surface area is 146 Å². The average molecular weight is 348 g/mol. The largest absolute Gasteiger partial charge is 0.512 e. The van der Waals surface area contributed by atoms with Gasteiger partial charge in [-0.2, -0.15) is 0 Å². The minimum atomic E-state index is -1.43. The number of aliphatic hydroxyl groups is 1. The Morgan fingerprint density at radius 1 is 1.24 bits per heavy atom. The summed E-state index contributed by atoms with van der Waals surface area (Å²) in [5.41, 5.74) is -1.29. The number of rotatable bonds is 1. The van der Waals surface area contributed by atoms with E-state index in [-0.39, 0.29) is 41.8 Å². The molecule has 2 aliphatic carbocycles. The number of Topliss-reactive ketones (excluding diaryl/α,β-unsaturated/α-hetero) is 1. The monoisotopic (exact) mass is 348 g/mol. The van der Waals surface area contributed by atoms with Crippen LogP contribution in [0.2, 0.25) is 0 Å². The summed E-state index contributed by atoms with van der Waals surface area (Å²) in [6.45, 7) is 3.79. The second kappa shape index (κ2) is 6.32. The highest BCUT2D eigenvalue weighted by atomic mass is 16.6. The topological polar surface area (TPSA) is 89.9 Å². The first-order chi connectivity index (χ1) is 11.8. The number of fused-ring (bicyclic) bond motifs is 3. The van der Waals surface area contributed by atoms with Crippen LogP contribution in [-0.2, 0) is 23.9 Å². The third-order valence-electron chi connectivity index (χ3n) is 5.52. The van der Waals surface area contributed by atoms with Crippen LogP contribution in [-0.4, -0.2) is 35.5 Å². The molecule has 1 fully saturated rings. The molecule has 0 aromatic carbocycles. The van der Waals surface area contributed by atoms with E-state index in [4.69, 9.17) is 9.47 Å². The van der Waals surface area contributed by atoms with Gasteiger partial charge in [0.05, 0.1) is 12.7 Å². The molecule has 0 spiro atoms. The Hall–Kier alpha value is -2.11. The fourth-order valence-corrected chi connectivity index (χ4v) is 4.49. The van der Waals surface area contributed by atoms with Gasteiger partial charge in [-0.15, -0.1) is 0 Å². The summed E-state index contributed by atoms with van der Waals surface area (Å²) in [5, 5.41) is 10.5. The Kier molecular flexibility index (Phi) is 4.47. The molecule has 5 atom stereocenters. The Morgan fingerprint density at radius 3 is 2.64 bits per heavy atom. The first-order valence-electron chi connectivity index (χ1n) is 8.72. The number of aliphatic hydroxyl groups excluding tert-OH is 1. The molecule has 0 amide bonds. The zero-order valence-electron chi connectivity index (χ0n) is 14.8. The maximum absolute atomic E-state index is 12.7. The van der Waals surface area contributed by atoms with Gasteiger partial charge < -0.3 is 14.6 Å². The molecule has 0 aromatic rings. The lowest BCUT2D eigenvalue weighted by Gasteiger charge is -2.47. The van der Waals surface area contributed by atoms with Gasteiger partial charge in [0.15, 0.2) is 0 Å². The predicted octanol–water partition coefficient (Wildman–Crippen LogP) is 2.48. The number of hydrogen-bond donors (Lipinski definition) is 1. The summed E-state index contributed by atoms with van der Waals surface area (Å²) in [6, 6.07) is 0. The predicted molar refractivity (Wildman–Crippen MR) is 88.4 cm³/mol. The molecule has 0 aromatic heterocycles. The number of methoxy groups -OCH3 is 1. The van der Waals surface area contributed by atoms with Gasteiger partial charge in [0.2, 0.25) is 5.60 Å². The van der Waals surface area contributed by atoms with Crippen molar-refractivity contribution in [2.45, 2.75) is 45.1 Å². The van der Waals surface area contributed by atoms with E-state index in [9.17, 15) is 19.5 Å². The third kappa shape index (κ3) is 2.87. The quantitative estimate of drug-likeness (QED) is 0.578. The molecule has 0 bridgehead atoms. The molecule has 0 radical (unpaired) electrons. The SMILES string of the molecule is COC(=O)[C@@]12C[C@@H](C)C=C[C@H]1[C@@H]1CC(=O)C[C@H](C)C/C(O)=C\1C(=O)O2. The van der Waals surface area contributed by atoms with Crippen LogP contribution < -0.4 is 0 Å². The smallest absolute Gasteiger partial charge is 0.351 e. The van der Waals surface area contributed by atoms with Crippen molar-refractivity contribution in [3.05, 3.63) is 23.5 Å². The number of ketones is 1. The van der Waals surface area contributed by atoms with Crippen molar-refractivity contribution in [1.29, 1.82) is 0 Å². The van der Waals surface area contributed by atoms with E-state index in [1.807, 2.05) is 26.0 Å². The first-order valence-corrected chi connectivity index (χ1v) is 8.72. The molecule has 1 heterocycles. The van der Waals surface area contributed by atoms with Gasteiger partial charge in [-0.05, 0) is 11.8 Å². The van der Waals surface area contributed by atoms with Gasteiger partial charge in [-0.25, -0.2) is 9.59 Å². The van der Waals surface area contributed by atoms with Crippen LogP contribution in [0.25, 0.3) is 0 Å². The minimum Gasteiger partial charge on any atom is -0.512 e. The molecule has 6 nitrogen and oxygen atoms in total. The summed E-state index contributed by atoms with van der Waals surface area (Å²) in [7, 11) is 1.26. The molecule has 3 aliphatic rings. The van der Waals surface area contributed by atoms with E-state index in [1.165, 1.54) is 7.11 Å². The zero-order chi connectivity index (χ0) is 18.4. The summed E-state index contributed by atoms with van der Waals surface area (Å²) in [6.07, 6.45) is 4.83. The Balaban J connectivity index is 2.14. The highest BCUT2D eigenvalue weighted by molar-refractivity contribution is 5.97. The van der Waals surface area contributed by atoms with E-state index < -0.39 is 29.4 Å². The lowest BCUT2D eigenvalue weighted by molar-refractivity contribution is -0.195. The molecule has 1 N–H and O–H groups in total. The van der Waals surface area contributed by atoms with Gasteiger partial charge in [-0.3, -0.25) is 4.79 Å². The van der Waals surface area contributed by atoms with Gasteiger partial charge in [0.25, 0.3) is 0 Å². The van der Waals surface area contributed by atoms with E-state index in [2.05, 4.69) is 0 Å². The van der Waals surface area contributed by atoms with Crippen molar-refractivity contribution in [3.63, 3.8) is 0 Å². The summed E-state index contributed by atoms with van der Waals surface area (Å²) < 4.78 is 10.6. The van der Waals surface area contributed by atoms with Crippen molar-refractivity contribution in [2.75, 3.05) is 7.11 Å². The minimum absolute atomic E-state index is 0.0273. The third-order valence-corrected chi connectivity index (χ3v) is 5.52. The van der Waals surface area contributed by atoms with Gasteiger partial charge in [0.1, 0.15) is 11.5 Å². The summed E-state index contributed by atoms with van der Waals surface area (Å²) >= 11 is 0. The molecule has 6 heteroatoms. The number of allylic oxidation sites excluding steroid dienone is 2. The van der Waals surface area contributed by atoms with Crippen molar-refractivity contribution in [1.82, 2.24) is 0 Å². The standard InChI is InChI=1S/C19H24O6/c1-10-4-5-14-13-8-12(20)6-11(2)7-15(21)16(13)17(22)25-19(14,9-10)18(23)24-3/h4-5,10-11,13-14,21H,6-9H2,1-3H3/b16-15-/t10-,11-,13-,14-,19+/m0/s1. The van der Waals surface area contributed by atoms with Crippen LogP contribution in [0.5, 0.6) is 0 Å². The van der Waals surface area contributed by atoms with E-state index in [0.29, 0.717) is 12.8 Å². The lowest BCUT2D eigenvalue weighted by Crippen LogP contribution is -2.59.